The number of carbonyl (C=O) groups is 1. The summed E-state index contributed by atoms with van der Waals surface area (Å²) in [4.78, 5) is 14.6. The molecule has 0 bridgehead atoms. The summed E-state index contributed by atoms with van der Waals surface area (Å²) in [7, 11) is 1.69. The maximum absolute atomic E-state index is 12.8. The molecule has 0 saturated carbocycles. The maximum atomic E-state index is 12.8. The predicted molar refractivity (Wildman–Crippen MR) is 145 cm³/mol. The van der Waals surface area contributed by atoms with Crippen molar-refractivity contribution >= 4 is 6.09 Å². The highest BCUT2D eigenvalue weighted by Crippen LogP contribution is 2.31. The normalized spacial score (nSPS) is 17.6. The topological polar surface area (TPSA) is 74.6 Å². The van der Waals surface area contributed by atoms with Gasteiger partial charge >= 0.3 is 6.09 Å². The molecular weight excluding hydrogens is 462 g/mol. The highest BCUT2D eigenvalue weighted by Gasteiger charge is 2.34. The molecular formula is C31H35N3O3. The molecule has 6 nitrogen and oxygen atoms in total. The zero-order valence-electron chi connectivity index (χ0n) is 22.0. The van der Waals surface area contributed by atoms with Crippen molar-refractivity contribution in [3.8, 4) is 22.9 Å². The average molecular weight is 498 g/mol. The fraction of sp³-hybridized carbons (Fsp3) is 0.355. The van der Waals surface area contributed by atoms with Crippen molar-refractivity contribution in [1.82, 2.24) is 10.2 Å². The summed E-state index contributed by atoms with van der Waals surface area (Å²) in [6.07, 6.45) is 0.555. The van der Waals surface area contributed by atoms with Crippen LogP contribution >= 0.6 is 0 Å². The summed E-state index contributed by atoms with van der Waals surface area (Å²) >= 11 is 0. The van der Waals surface area contributed by atoms with Gasteiger partial charge in [0.2, 0.25) is 0 Å². The summed E-state index contributed by atoms with van der Waals surface area (Å²) in [6, 6.07) is 26.5. The largest absolute Gasteiger partial charge is 0.496 e. The zero-order valence-corrected chi connectivity index (χ0v) is 22.0. The molecule has 6 heteroatoms. The first-order chi connectivity index (χ1) is 17.8. The van der Waals surface area contributed by atoms with E-state index in [0.717, 1.165) is 28.9 Å². The van der Waals surface area contributed by atoms with Crippen LogP contribution in [0.25, 0.3) is 11.1 Å². The van der Waals surface area contributed by atoms with Crippen molar-refractivity contribution in [2.75, 3.05) is 20.2 Å². The Morgan fingerprint density at radius 2 is 1.76 bits per heavy atom. The van der Waals surface area contributed by atoms with Crippen LogP contribution in [0.15, 0.2) is 72.8 Å². The van der Waals surface area contributed by atoms with E-state index < -0.39 is 5.60 Å². The summed E-state index contributed by atoms with van der Waals surface area (Å²) in [6.45, 7) is 7.55. The van der Waals surface area contributed by atoms with Gasteiger partial charge in [0.25, 0.3) is 0 Å². The molecule has 0 radical (unpaired) electrons. The van der Waals surface area contributed by atoms with Gasteiger partial charge in [-0.2, -0.15) is 5.26 Å². The molecule has 3 aromatic rings. The summed E-state index contributed by atoms with van der Waals surface area (Å²) < 4.78 is 11.3. The fourth-order valence-corrected chi connectivity index (χ4v) is 4.80. The number of carbonyl (C=O) groups excluding carboxylic acids is 1. The Balaban J connectivity index is 1.53. The van der Waals surface area contributed by atoms with Crippen molar-refractivity contribution in [3.05, 3.63) is 89.5 Å². The van der Waals surface area contributed by atoms with E-state index in [1.807, 2.05) is 80.3 Å². The van der Waals surface area contributed by atoms with E-state index in [2.05, 4.69) is 29.6 Å². The SMILES string of the molecule is COc1ccc(-c2ccc(C#N)cc2)cc1CN[C@H]1CCN(C(=O)OC(C)(C)C)C[C@H]1c1ccccc1. The maximum Gasteiger partial charge on any atom is 0.410 e. The fourth-order valence-electron chi connectivity index (χ4n) is 4.80. The standard InChI is InChI=1S/C31H35N3O3/c1-31(2,3)37-30(35)34-17-16-28(27(21-34)24-8-6-5-7-9-24)33-20-26-18-25(14-15-29(26)36-4)23-12-10-22(19-32)11-13-23/h5-15,18,27-28,33H,16-17,20-21H2,1-4H3/t27-,28-/m0/s1. The first-order valence-electron chi connectivity index (χ1n) is 12.7. The van der Waals surface area contributed by atoms with E-state index in [9.17, 15) is 4.79 Å². The monoisotopic (exact) mass is 497 g/mol. The van der Waals surface area contributed by atoms with Crippen LogP contribution in [0, 0.1) is 11.3 Å². The Labute approximate surface area is 219 Å². The molecule has 192 valence electrons. The smallest absolute Gasteiger partial charge is 0.410 e. The van der Waals surface area contributed by atoms with Gasteiger partial charge in [0.05, 0.1) is 18.7 Å². The molecule has 3 aromatic carbocycles. The van der Waals surface area contributed by atoms with Gasteiger partial charge in [-0.1, -0.05) is 48.5 Å². The van der Waals surface area contributed by atoms with E-state index in [0.29, 0.717) is 25.2 Å². The van der Waals surface area contributed by atoms with Gasteiger partial charge in [-0.05, 0) is 68.1 Å². The molecule has 0 spiro atoms. The summed E-state index contributed by atoms with van der Waals surface area (Å²) in [5.74, 6) is 0.961. The van der Waals surface area contributed by atoms with Crippen molar-refractivity contribution in [1.29, 1.82) is 5.26 Å². The van der Waals surface area contributed by atoms with Crippen molar-refractivity contribution in [3.63, 3.8) is 0 Å². The van der Waals surface area contributed by atoms with Gasteiger partial charge in [-0.3, -0.25) is 0 Å². The van der Waals surface area contributed by atoms with E-state index in [4.69, 9.17) is 14.7 Å². The van der Waals surface area contributed by atoms with Crippen LogP contribution in [0.4, 0.5) is 4.79 Å². The lowest BCUT2D eigenvalue weighted by Gasteiger charge is -2.40. The number of methoxy groups -OCH3 is 1. The Morgan fingerprint density at radius 3 is 2.41 bits per heavy atom. The highest BCUT2D eigenvalue weighted by molar-refractivity contribution is 5.68. The quantitative estimate of drug-likeness (QED) is 0.444. The number of nitrogens with zero attached hydrogens (tertiary/aromatic N) is 2. The molecule has 1 aliphatic heterocycles. The second-order valence-electron chi connectivity index (χ2n) is 10.4. The number of piperidine rings is 1. The third-order valence-electron chi connectivity index (χ3n) is 6.67. The minimum Gasteiger partial charge on any atom is -0.496 e. The number of hydrogen-bond acceptors (Lipinski definition) is 5. The van der Waals surface area contributed by atoms with E-state index in [-0.39, 0.29) is 18.1 Å². The lowest BCUT2D eigenvalue weighted by Crippen LogP contribution is -2.50. The lowest BCUT2D eigenvalue weighted by molar-refractivity contribution is 0.0175. The number of rotatable bonds is 6. The molecule has 0 aromatic heterocycles. The minimum atomic E-state index is -0.523. The summed E-state index contributed by atoms with van der Waals surface area (Å²) in [5, 5.41) is 12.9. The van der Waals surface area contributed by atoms with Crippen LogP contribution < -0.4 is 10.1 Å². The molecule has 1 N–H and O–H groups in total. The van der Waals surface area contributed by atoms with Crippen molar-refractivity contribution < 1.29 is 14.3 Å². The Kier molecular flexibility index (Phi) is 8.15. The number of nitriles is 1. The van der Waals surface area contributed by atoms with Gasteiger partial charge < -0.3 is 19.7 Å². The first-order valence-corrected chi connectivity index (χ1v) is 12.7. The Hall–Kier alpha value is -3.82. The van der Waals surface area contributed by atoms with Crippen LogP contribution in [-0.2, 0) is 11.3 Å². The number of nitrogens with one attached hydrogen (secondary N) is 1. The highest BCUT2D eigenvalue weighted by atomic mass is 16.6. The molecule has 0 unspecified atom stereocenters. The average Bonchev–Trinajstić information content (AvgIpc) is 2.91. The molecule has 1 fully saturated rings. The molecule has 1 saturated heterocycles. The zero-order chi connectivity index (χ0) is 26.4. The third-order valence-corrected chi connectivity index (χ3v) is 6.67. The predicted octanol–water partition coefficient (Wildman–Crippen LogP) is 6.12. The van der Waals surface area contributed by atoms with E-state index >= 15 is 0 Å². The van der Waals surface area contributed by atoms with Gasteiger partial charge in [-0.25, -0.2) is 4.79 Å². The van der Waals surface area contributed by atoms with Crippen LogP contribution in [0.5, 0.6) is 5.75 Å². The van der Waals surface area contributed by atoms with Gasteiger partial charge in [-0.15, -0.1) is 0 Å². The number of hydrogen-bond donors (Lipinski definition) is 1. The number of ether oxygens (including phenoxy) is 2. The number of likely N-dealkylation sites (tertiary alicyclic amines) is 1. The van der Waals surface area contributed by atoms with E-state index in [1.54, 1.807) is 7.11 Å². The number of amides is 1. The first kappa shape index (κ1) is 26.2. The van der Waals surface area contributed by atoms with Gasteiger partial charge in [0.1, 0.15) is 11.4 Å². The van der Waals surface area contributed by atoms with Crippen molar-refractivity contribution in [2.45, 2.75) is 51.3 Å². The molecule has 2 atom stereocenters. The molecule has 1 heterocycles. The van der Waals surface area contributed by atoms with E-state index in [1.165, 1.54) is 5.56 Å². The molecule has 1 aliphatic rings. The molecule has 0 aliphatic carbocycles. The van der Waals surface area contributed by atoms with Crippen LogP contribution in [0.3, 0.4) is 0 Å². The van der Waals surface area contributed by atoms with Crippen LogP contribution in [0.1, 0.15) is 49.8 Å². The van der Waals surface area contributed by atoms with Gasteiger partial charge in [0, 0.05) is 37.2 Å². The summed E-state index contributed by atoms with van der Waals surface area (Å²) in [5.41, 5.74) is 4.50. The Bertz CT molecular complexity index is 1240. The minimum absolute atomic E-state index is 0.134. The molecule has 37 heavy (non-hydrogen) atoms. The third kappa shape index (κ3) is 6.69. The number of benzene rings is 3. The lowest BCUT2D eigenvalue weighted by atomic mass is 9.86. The van der Waals surface area contributed by atoms with Crippen LogP contribution in [-0.4, -0.2) is 42.8 Å². The van der Waals surface area contributed by atoms with Crippen LogP contribution in [0.2, 0.25) is 0 Å². The van der Waals surface area contributed by atoms with Crippen molar-refractivity contribution in [2.24, 2.45) is 0 Å². The van der Waals surface area contributed by atoms with Gasteiger partial charge in [0.15, 0.2) is 0 Å². The Morgan fingerprint density at radius 1 is 1.05 bits per heavy atom. The second-order valence-corrected chi connectivity index (χ2v) is 10.4. The molecule has 1 amide bonds. The molecule has 4 rings (SSSR count). The second kappa shape index (κ2) is 11.5.